The average molecular weight is 282 g/mol. The van der Waals surface area contributed by atoms with E-state index in [-0.39, 0.29) is 0 Å². The van der Waals surface area contributed by atoms with Crippen molar-refractivity contribution in [2.75, 3.05) is 5.75 Å². The predicted molar refractivity (Wildman–Crippen MR) is 71.2 cm³/mol. The van der Waals surface area contributed by atoms with E-state index < -0.39 is 12.0 Å². The van der Waals surface area contributed by atoms with E-state index >= 15 is 0 Å². The lowest BCUT2D eigenvalue weighted by Gasteiger charge is -2.09. The lowest BCUT2D eigenvalue weighted by atomic mass is 10.2. The van der Waals surface area contributed by atoms with Gasteiger partial charge in [-0.2, -0.15) is 0 Å². The lowest BCUT2D eigenvalue weighted by molar-refractivity contribution is -0.138. The first-order valence-electron chi connectivity index (χ1n) is 6.73. The lowest BCUT2D eigenvalue weighted by Crippen LogP contribution is -2.30. The molecule has 3 rings (SSSR count). The van der Waals surface area contributed by atoms with Crippen LogP contribution < -0.4 is 5.73 Å². The zero-order valence-corrected chi connectivity index (χ0v) is 11.5. The summed E-state index contributed by atoms with van der Waals surface area (Å²) in [6.07, 6.45) is 5.31. The summed E-state index contributed by atoms with van der Waals surface area (Å²) in [5, 5.41) is 18.3. The molecule has 0 radical (unpaired) electrons. The van der Waals surface area contributed by atoms with Crippen molar-refractivity contribution in [3.05, 3.63) is 5.82 Å². The minimum Gasteiger partial charge on any atom is -0.480 e. The third-order valence-electron chi connectivity index (χ3n) is 3.52. The van der Waals surface area contributed by atoms with Gasteiger partial charge >= 0.3 is 5.97 Å². The molecule has 0 saturated heterocycles. The molecule has 1 unspecified atom stereocenters. The van der Waals surface area contributed by atoms with Gasteiger partial charge in [0, 0.05) is 17.7 Å². The molecule has 0 amide bonds. The molecular formula is C12H18N4O2S. The molecule has 0 spiro atoms. The fraction of sp³-hybridized carbons (Fsp3) is 0.750. The van der Waals surface area contributed by atoms with Gasteiger partial charge < -0.3 is 15.4 Å². The van der Waals surface area contributed by atoms with Gasteiger partial charge in [0.05, 0.1) is 0 Å². The first-order valence-corrected chi connectivity index (χ1v) is 7.71. The van der Waals surface area contributed by atoms with Crippen LogP contribution in [-0.4, -0.2) is 37.6 Å². The third kappa shape index (κ3) is 2.92. The number of hydrogen-bond acceptors (Lipinski definition) is 5. The summed E-state index contributed by atoms with van der Waals surface area (Å²) in [5.41, 5.74) is 5.50. The number of carboxylic acid groups (broad SMARTS) is 1. The van der Waals surface area contributed by atoms with E-state index in [4.69, 9.17) is 10.8 Å². The highest BCUT2D eigenvalue weighted by molar-refractivity contribution is 7.99. The van der Waals surface area contributed by atoms with Crippen LogP contribution in [0.3, 0.4) is 0 Å². The maximum atomic E-state index is 10.7. The predicted octanol–water partition coefficient (Wildman–Crippen LogP) is 1.38. The van der Waals surface area contributed by atoms with E-state index in [0.717, 1.165) is 11.0 Å². The molecule has 7 heteroatoms. The number of nitrogens with two attached hydrogens (primary N) is 1. The number of aliphatic carboxylic acids is 1. The maximum absolute atomic E-state index is 10.7. The zero-order valence-electron chi connectivity index (χ0n) is 10.7. The zero-order chi connectivity index (χ0) is 13.4. The number of hydrogen-bond donors (Lipinski definition) is 2. The van der Waals surface area contributed by atoms with Gasteiger partial charge in [0.2, 0.25) is 0 Å². The Kier molecular flexibility index (Phi) is 3.49. The maximum Gasteiger partial charge on any atom is 0.320 e. The molecule has 1 aromatic rings. The van der Waals surface area contributed by atoms with Crippen LogP contribution in [0.25, 0.3) is 0 Å². The van der Waals surface area contributed by atoms with Crippen molar-refractivity contribution in [3.8, 4) is 0 Å². The van der Waals surface area contributed by atoms with Crippen molar-refractivity contribution in [1.82, 2.24) is 14.8 Å². The highest BCUT2D eigenvalue weighted by atomic mass is 32.2. The van der Waals surface area contributed by atoms with Gasteiger partial charge in [0.15, 0.2) is 5.16 Å². The van der Waals surface area contributed by atoms with Crippen LogP contribution >= 0.6 is 11.8 Å². The molecule has 1 heterocycles. The molecular weight excluding hydrogens is 264 g/mol. The number of aromatic nitrogens is 3. The fourth-order valence-corrected chi connectivity index (χ4v) is 3.12. The van der Waals surface area contributed by atoms with Crippen molar-refractivity contribution in [3.63, 3.8) is 0 Å². The molecule has 0 bridgehead atoms. The van der Waals surface area contributed by atoms with E-state index in [0.29, 0.717) is 24.1 Å². The summed E-state index contributed by atoms with van der Waals surface area (Å²) < 4.78 is 2.27. The van der Waals surface area contributed by atoms with Crippen LogP contribution in [0.5, 0.6) is 0 Å². The minimum atomic E-state index is -0.942. The Labute approximate surface area is 115 Å². The average Bonchev–Trinajstić information content (AvgIpc) is 3.28. The van der Waals surface area contributed by atoms with Crippen molar-refractivity contribution < 1.29 is 9.90 Å². The Morgan fingerprint density at radius 3 is 2.74 bits per heavy atom. The van der Waals surface area contributed by atoms with Crippen LogP contribution in [0.4, 0.5) is 0 Å². The molecule has 6 nitrogen and oxygen atoms in total. The van der Waals surface area contributed by atoms with Crippen molar-refractivity contribution >= 4 is 17.7 Å². The summed E-state index contributed by atoms with van der Waals surface area (Å²) in [4.78, 5) is 10.7. The Hall–Kier alpha value is -1.08. The SMILES string of the molecule is NC(CCSc1nnc(C2CC2)n1C1CC1)C(=O)O. The number of carboxylic acids is 1. The van der Waals surface area contributed by atoms with Crippen LogP contribution in [0.15, 0.2) is 5.16 Å². The number of nitrogens with zero attached hydrogens (tertiary/aromatic N) is 3. The Morgan fingerprint density at radius 2 is 2.16 bits per heavy atom. The standard InChI is InChI=1S/C12H18N4O2S/c13-9(11(17)18)5-6-19-12-15-14-10(7-1-2-7)16(12)8-3-4-8/h7-9H,1-6,13H2,(H,17,18). The highest BCUT2D eigenvalue weighted by Gasteiger charge is 2.36. The van der Waals surface area contributed by atoms with Crippen LogP contribution in [0.2, 0.25) is 0 Å². The van der Waals surface area contributed by atoms with Crippen molar-refractivity contribution in [2.45, 2.75) is 55.3 Å². The topological polar surface area (TPSA) is 94.0 Å². The van der Waals surface area contributed by atoms with E-state index in [1.165, 1.54) is 25.7 Å². The van der Waals surface area contributed by atoms with Gasteiger partial charge in [-0.25, -0.2) is 0 Å². The van der Waals surface area contributed by atoms with Crippen LogP contribution in [0.1, 0.15) is 49.9 Å². The molecule has 19 heavy (non-hydrogen) atoms. The Balaban J connectivity index is 1.62. The largest absolute Gasteiger partial charge is 0.480 e. The quantitative estimate of drug-likeness (QED) is 0.734. The summed E-state index contributed by atoms with van der Waals surface area (Å²) in [6.45, 7) is 0. The van der Waals surface area contributed by atoms with Gasteiger partial charge in [0.1, 0.15) is 11.9 Å². The van der Waals surface area contributed by atoms with Crippen molar-refractivity contribution in [1.29, 1.82) is 0 Å². The third-order valence-corrected chi connectivity index (χ3v) is 4.50. The molecule has 0 aliphatic heterocycles. The molecule has 2 fully saturated rings. The van der Waals surface area contributed by atoms with Gasteiger partial charge in [-0.05, 0) is 32.1 Å². The van der Waals surface area contributed by atoms with Gasteiger partial charge in [0.25, 0.3) is 0 Å². The van der Waals surface area contributed by atoms with Gasteiger partial charge in [-0.1, -0.05) is 11.8 Å². The normalized spacial score (nSPS) is 20.5. The second-order valence-corrected chi connectivity index (χ2v) is 6.36. The smallest absolute Gasteiger partial charge is 0.320 e. The first kappa shape index (κ1) is 12.9. The van der Waals surface area contributed by atoms with Crippen LogP contribution in [-0.2, 0) is 4.79 Å². The van der Waals surface area contributed by atoms with Crippen LogP contribution in [0, 0.1) is 0 Å². The molecule has 104 valence electrons. The highest BCUT2D eigenvalue weighted by Crippen LogP contribution is 2.45. The van der Waals surface area contributed by atoms with E-state index in [1.54, 1.807) is 11.8 Å². The van der Waals surface area contributed by atoms with E-state index in [2.05, 4.69) is 14.8 Å². The molecule has 1 atom stereocenters. The molecule has 1 aromatic heterocycles. The molecule has 3 N–H and O–H groups in total. The molecule has 2 aliphatic rings. The summed E-state index contributed by atoms with van der Waals surface area (Å²) in [5.74, 6) is 1.46. The number of thioether (sulfide) groups is 1. The second kappa shape index (κ2) is 5.13. The minimum absolute atomic E-state index is 0.455. The first-order chi connectivity index (χ1) is 9.16. The van der Waals surface area contributed by atoms with E-state index in [9.17, 15) is 4.79 Å². The monoisotopic (exact) mass is 282 g/mol. The summed E-state index contributed by atoms with van der Waals surface area (Å²) in [6, 6.07) is -0.214. The number of carbonyl (C=O) groups is 1. The van der Waals surface area contributed by atoms with Gasteiger partial charge in [-0.3, -0.25) is 4.79 Å². The molecule has 0 aromatic carbocycles. The number of rotatable bonds is 7. The van der Waals surface area contributed by atoms with Crippen molar-refractivity contribution in [2.24, 2.45) is 5.73 Å². The summed E-state index contributed by atoms with van der Waals surface area (Å²) in [7, 11) is 0. The fourth-order valence-electron chi connectivity index (χ4n) is 2.08. The second-order valence-electron chi connectivity index (χ2n) is 5.30. The van der Waals surface area contributed by atoms with Gasteiger partial charge in [-0.15, -0.1) is 10.2 Å². The summed E-state index contributed by atoms with van der Waals surface area (Å²) >= 11 is 1.57. The Morgan fingerprint density at radius 1 is 1.42 bits per heavy atom. The Bertz CT molecular complexity index is 482. The molecule has 2 aliphatic carbocycles. The van der Waals surface area contributed by atoms with E-state index in [1.807, 2.05) is 0 Å². The molecule has 2 saturated carbocycles.